The Morgan fingerprint density at radius 1 is 1.23 bits per heavy atom. The number of methoxy groups -OCH3 is 1. The molecule has 1 saturated heterocycles. The Hall–Kier alpha value is -2.23. The van der Waals surface area contributed by atoms with Crippen molar-refractivity contribution in [2.24, 2.45) is 4.99 Å². The van der Waals surface area contributed by atoms with Crippen molar-refractivity contribution in [2.45, 2.75) is 32.4 Å². The van der Waals surface area contributed by atoms with Gasteiger partial charge >= 0.3 is 0 Å². The molecule has 1 heterocycles. The van der Waals surface area contributed by atoms with Crippen molar-refractivity contribution >= 4 is 35.6 Å². The highest BCUT2D eigenvalue weighted by Crippen LogP contribution is 2.24. The molecule has 2 aromatic carbocycles. The van der Waals surface area contributed by atoms with Crippen molar-refractivity contribution in [1.29, 1.82) is 0 Å². The van der Waals surface area contributed by atoms with Crippen LogP contribution in [0, 0.1) is 5.82 Å². The van der Waals surface area contributed by atoms with Crippen LogP contribution >= 0.6 is 24.0 Å². The Morgan fingerprint density at radius 3 is 2.67 bits per heavy atom. The van der Waals surface area contributed by atoms with Crippen LogP contribution in [0.3, 0.4) is 0 Å². The quantitative estimate of drug-likeness (QED) is 0.302. The molecule has 0 aromatic heterocycles. The Bertz CT molecular complexity index is 842. The van der Waals surface area contributed by atoms with Crippen LogP contribution in [0.5, 0.6) is 11.5 Å². The van der Waals surface area contributed by atoms with Crippen molar-refractivity contribution in [1.82, 2.24) is 10.6 Å². The van der Waals surface area contributed by atoms with Gasteiger partial charge in [0.15, 0.2) is 5.96 Å². The van der Waals surface area contributed by atoms with Crippen LogP contribution in [-0.4, -0.2) is 43.9 Å². The number of aliphatic imine (C=N–C) groups is 1. The zero-order valence-corrected chi connectivity index (χ0v) is 19.7. The van der Waals surface area contributed by atoms with Crippen LogP contribution < -0.4 is 20.3 Å². The summed E-state index contributed by atoms with van der Waals surface area (Å²) in [6.07, 6.45) is 1.87. The Balaban J connectivity index is 0.00000320. The summed E-state index contributed by atoms with van der Waals surface area (Å²) < 4.78 is 18.7. The lowest BCUT2D eigenvalue weighted by molar-refractivity contribution is 0.411. The lowest BCUT2D eigenvalue weighted by Gasteiger charge is -2.34. The Kier molecular flexibility index (Phi) is 9.48. The minimum atomic E-state index is -0.204. The molecular formula is C22H30FIN4O2. The van der Waals surface area contributed by atoms with Gasteiger partial charge in [0.2, 0.25) is 0 Å². The highest BCUT2D eigenvalue weighted by Gasteiger charge is 2.20. The minimum absolute atomic E-state index is 0. The molecule has 0 amide bonds. The summed E-state index contributed by atoms with van der Waals surface area (Å²) in [7, 11) is 1.60. The zero-order valence-electron chi connectivity index (χ0n) is 17.4. The van der Waals surface area contributed by atoms with E-state index in [2.05, 4.69) is 20.5 Å². The van der Waals surface area contributed by atoms with E-state index in [1.807, 2.05) is 13.0 Å². The van der Waals surface area contributed by atoms with Gasteiger partial charge in [0.05, 0.1) is 13.7 Å². The monoisotopic (exact) mass is 528 g/mol. The van der Waals surface area contributed by atoms with Gasteiger partial charge in [-0.25, -0.2) is 9.38 Å². The Morgan fingerprint density at radius 2 is 2.00 bits per heavy atom. The molecule has 1 aliphatic rings. The molecule has 0 bridgehead atoms. The van der Waals surface area contributed by atoms with Gasteiger partial charge in [-0.2, -0.15) is 0 Å². The fraction of sp³-hybridized carbons (Fsp3) is 0.409. The van der Waals surface area contributed by atoms with E-state index in [4.69, 9.17) is 4.74 Å². The van der Waals surface area contributed by atoms with Gasteiger partial charge in [-0.15, -0.1) is 24.0 Å². The number of phenols is 1. The third-order valence-corrected chi connectivity index (χ3v) is 5.05. The second-order valence-corrected chi connectivity index (χ2v) is 7.08. The number of phenolic OH excluding ortho intramolecular Hbond substituents is 1. The van der Waals surface area contributed by atoms with E-state index < -0.39 is 0 Å². The molecule has 6 nitrogen and oxygen atoms in total. The maximum Gasteiger partial charge on any atom is 0.191 e. The summed E-state index contributed by atoms with van der Waals surface area (Å²) in [4.78, 5) is 6.83. The molecule has 164 valence electrons. The fourth-order valence-corrected chi connectivity index (χ4v) is 3.45. The number of ether oxygens (including phenoxy) is 1. The van der Waals surface area contributed by atoms with Gasteiger partial charge in [-0.05, 0) is 56.2 Å². The standard InChI is InChI=1S/C22H29FN4O2.HI/c1-3-24-22(25-15-16-13-20(29-2)7-8-21(16)28)26-18-9-11-27(12-10-18)19-6-4-5-17(23)14-19;/h4-8,13-14,18,28H,3,9-12,15H2,1-2H3,(H2,24,25,26);1H. The molecule has 3 N–H and O–H groups in total. The lowest BCUT2D eigenvalue weighted by atomic mass is 10.0. The average Bonchev–Trinajstić information content (AvgIpc) is 2.73. The number of guanidine groups is 1. The summed E-state index contributed by atoms with van der Waals surface area (Å²) in [6, 6.07) is 12.2. The van der Waals surface area contributed by atoms with Gasteiger partial charge in [-0.1, -0.05) is 6.07 Å². The van der Waals surface area contributed by atoms with Gasteiger partial charge in [0, 0.05) is 36.9 Å². The van der Waals surface area contributed by atoms with Crippen molar-refractivity contribution in [3.8, 4) is 11.5 Å². The third-order valence-electron chi connectivity index (χ3n) is 5.05. The van der Waals surface area contributed by atoms with Gasteiger partial charge in [0.25, 0.3) is 0 Å². The maximum atomic E-state index is 13.5. The number of aromatic hydroxyl groups is 1. The molecule has 0 spiro atoms. The van der Waals surface area contributed by atoms with E-state index in [0.717, 1.165) is 44.1 Å². The molecular weight excluding hydrogens is 498 g/mol. The first kappa shape index (κ1) is 24.0. The molecule has 1 aliphatic heterocycles. The maximum absolute atomic E-state index is 13.5. The average molecular weight is 528 g/mol. The predicted octanol–water partition coefficient (Wildman–Crippen LogP) is 3.88. The SMILES string of the molecule is CCNC(=NCc1cc(OC)ccc1O)NC1CCN(c2cccc(F)c2)CC1.I. The smallest absolute Gasteiger partial charge is 0.191 e. The second kappa shape index (κ2) is 11.8. The molecule has 0 aliphatic carbocycles. The summed E-state index contributed by atoms with van der Waals surface area (Å²) in [5.41, 5.74) is 1.64. The molecule has 0 unspecified atom stereocenters. The Labute approximate surface area is 194 Å². The number of halogens is 2. The summed E-state index contributed by atoms with van der Waals surface area (Å²) in [6.45, 7) is 4.83. The number of piperidine rings is 1. The predicted molar refractivity (Wildman–Crippen MR) is 130 cm³/mol. The van der Waals surface area contributed by atoms with Gasteiger partial charge in [0.1, 0.15) is 17.3 Å². The number of benzene rings is 2. The van der Waals surface area contributed by atoms with E-state index in [1.165, 1.54) is 6.07 Å². The van der Waals surface area contributed by atoms with Gasteiger partial charge < -0.3 is 25.4 Å². The van der Waals surface area contributed by atoms with E-state index in [-0.39, 0.29) is 41.6 Å². The van der Waals surface area contributed by atoms with E-state index in [1.54, 1.807) is 37.4 Å². The molecule has 2 aromatic rings. The van der Waals surface area contributed by atoms with Crippen molar-refractivity contribution in [3.05, 3.63) is 53.8 Å². The zero-order chi connectivity index (χ0) is 20.6. The number of nitrogens with zero attached hydrogens (tertiary/aromatic N) is 2. The first-order valence-electron chi connectivity index (χ1n) is 10.00. The highest BCUT2D eigenvalue weighted by molar-refractivity contribution is 14.0. The molecule has 8 heteroatoms. The van der Waals surface area contributed by atoms with E-state index in [0.29, 0.717) is 17.9 Å². The van der Waals surface area contributed by atoms with E-state index >= 15 is 0 Å². The fourth-order valence-electron chi connectivity index (χ4n) is 3.45. The third kappa shape index (κ3) is 6.65. The van der Waals surface area contributed by atoms with Crippen LogP contribution in [0.25, 0.3) is 0 Å². The molecule has 30 heavy (non-hydrogen) atoms. The summed E-state index contributed by atoms with van der Waals surface area (Å²) >= 11 is 0. The van der Waals surface area contributed by atoms with Crippen LogP contribution in [0.15, 0.2) is 47.5 Å². The van der Waals surface area contributed by atoms with Crippen molar-refractivity contribution in [2.75, 3.05) is 31.6 Å². The first-order valence-corrected chi connectivity index (χ1v) is 10.00. The van der Waals surface area contributed by atoms with E-state index in [9.17, 15) is 9.50 Å². The topological polar surface area (TPSA) is 69.1 Å². The first-order chi connectivity index (χ1) is 14.1. The normalized spacial score (nSPS) is 14.8. The number of anilines is 1. The summed E-state index contributed by atoms with van der Waals surface area (Å²) in [5, 5.41) is 16.8. The molecule has 0 radical (unpaired) electrons. The molecule has 0 saturated carbocycles. The van der Waals surface area contributed by atoms with Crippen molar-refractivity contribution < 1.29 is 14.2 Å². The largest absolute Gasteiger partial charge is 0.508 e. The lowest BCUT2D eigenvalue weighted by Crippen LogP contribution is -2.48. The highest BCUT2D eigenvalue weighted by atomic mass is 127. The summed E-state index contributed by atoms with van der Waals surface area (Å²) in [5.74, 6) is 1.41. The van der Waals surface area contributed by atoms with Crippen LogP contribution in [0.4, 0.5) is 10.1 Å². The van der Waals surface area contributed by atoms with Gasteiger partial charge in [-0.3, -0.25) is 0 Å². The number of hydrogen-bond donors (Lipinski definition) is 3. The van der Waals surface area contributed by atoms with Crippen LogP contribution in [0.2, 0.25) is 0 Å². The second-order valence-electron chi connectivity index (χ2n) is 7.08. The molecule has 1 fully saturated rings. The van der Waals surface area contributed by atoms with Crippen molar-refractivity contribution in [3.63, 3.8) is 0 Å². The number of nitrogens with one attached hydrogen (secondary N) is 2. The minimum Gasteiger partial charge on any atom is -0.508 e. The molecule has 3 rings (SSSR count). The van der Waals surface area contributed by atoms with Crippen LogP contribution in [0.1, 0.15) is 25.3 Å². The molecule has 0 atom stereocenters. The number of hydrogen-bond acceptors (Lipinski definition) is 4. The number of rotatable bonds is 6. The van der Waals surface area contributed by atoms with Crippen LogP contribution in [-0.2, 0) is 6.54 Å².